The second-order valence-electron chi connectivity index (χ2n) is 5.81. The van der Waals surface area contributed by atoms with Gasteiger partial charge in [0, 0.05) is 26.1 Å². The first kappa shape index (κ1) is 17.0. The Hall–Kier alpha value is -1.40. The zero-order valence-corrected chi connectivity index (χ0v) is 13.8. The van der Waals surface area contributed by atoms with Gasteiger partial charge in [-0.2, -0.15) is 0 Å². The summed E-state index contributed by atoms with van der Waals surface area (Å²) in [5.41, 5.74) is 1.21. The zero-order chi connectivity index (χ0) is 16.0. The molecule has 1 aromatic rings. The molecule has 1 fully saturated rings. The van der Waals surface area contributed by atoms with Crippen LogP contribution in [0.25, 0.3) is 0 Å². The summed E-state index contributed by atoms with van der Waals surface area (Å²) in [4.78, 5) is 13.8. The zero-order valence-electron chi connectivity index (χ0n) is 13.0. The van der Waals surface area contributed by atoms with Crippen LogP contribution in [0, 0.1) is 5.92 Å². The highest BCUT2D eigenvalue weighted by Gasteiger charge is 2.29. The molecule has 6 heteroatoms. The van der Waals surface area contributed by atoms with Crippen LogP contribution in [0.5, 0.6) is 0 Å². The van der Waals surface area contributed by atoms with Crippen molar-refractivity contribution in [1.82, 2.24) is 9.62 Å². The minimum Gasteiger partial charge on any atom is -0.342 e. The van der Waals surface area contributed by atoms with Crippen molar-refractivity contribution in [3.63, 3.8) is 0 Å². The number of sulfonamides is 1. The van der Waals surface area contributed by atoms with Gasteiger partial charge in [-0.3, -0.25) is 4.79 Å². The highest BCUT2D eigenvalue weighted by molar-refractivity contribution is 7.89. The van der Waals surface area contributed by atoms with Crippen LogP contribution < -0.4 is 4.72 Å². The molecule has 1 aromatic carbocycles. The fourth-order valence-electron chi connectivity index (χ4n) is 2.70. The normalized spacial score (nSPS) is 18.9. The van der Waals surface area contributed by atoms with Crippen LogP contribution in [0.1, 0.15) is 25.3 Å². The molecular formula is C16H24N2O3S. The van der Waals surface area contributed by atoms with Crippen molar-refractivity contribution in [2.45, 2.75) is 26.2 Å². The van der Waals surface area contributed by atoms with E-state index < -0.39 is 10.0 Å². The number of hydrogen-bond acceptors (Lipinski definition) is 3. The first-order valence-corrected chi connectivity index (χ1v) is 9.44. The average Bonchev–Trinajstić information content (AvgIpc) is 2.85. The lowest BCUT2D eigenvalue weighted by Crippen LogP contribution is -2.33. The maximum Gasteiger partial charge on any atom is 0.222 e. The third-order valence-electron chi connectivity index (χ3n) is 3.87. The van der Waals surface area contributed by atoms with Crippen LogP contribution in [0.2, 0.25) is 0 Å². The summed E-state index contributed by atoms with van der Waals surface area (Å²) in [5, 5.41) is 0. The van der Waals surface area contributed by atoms with Gasteiger partial charge in [-0.05, 0) is 24.3 Å². The topological polar surface area (TPSA) is 66.5 Å². The minimum atomic E-state index is -3.19. The quantitative estimate of drug-likeness (QED) is 0.786. The van der Waals surface area contributed by atoms with Gasteiger partial charge < -0.3 is 4.90 Å². The van der Waals surface area contributed by atoms with E-state index in [9.17, 15) is 13.2 Å². The number of benzene rings is 1. The summed E-state index contributed by atoms with van der Waals surface area (Å²) in [7, 11) is -3.19. The molecule has 1 heterocycles. The number of carbonyl (C=O) groups is 1. The fourth-order valence-corrected chi connectivity index (χ4v) is 3.87. The van der Waals surface area contributed by atoms with Gasteiger partial charge in [0.2, 0.25) is 15.9 Å². The van der Waals surface area contributed by atoms with Crippen molar-refractivity contribution in [2.24, 2.45) is 5.92 Å². The first-order chi connectivity index (χ1) is 10.5. The predicted molar refractivity (Wildman–Crippen MR) is 86.9 cm³/mol. The van der Waals surface area contributed by atoms with Crippen molar-refractivity contribution in [3.8, 4) is 0 Å². The summed E-state index contributed by atoms with van der Waals surface area (Å²) in [6.45, 7) is 3.53. The third-order valence-corrected chi connectivity index (χ3v) is 5.42. The van der Waals surface area contributed by atoms with E-state index in [-0.39, 0.29) is 17.6 Å². The average molecular weight is 324 g/mol. The van der Waals surface area contributed by atoms with Crippen molar-refractivity contribution in [3.05, 3.63) is 35.9 Å². The summed E-state index contributed by atoms with van der Waals surface area (Å²) in [6, 6.07) is 10.1. The van der Waals surface area contributed by atoms with E-state index in [0.29, 0.717) is 32.5 Å². The molecule has 2 rings (SSSR count). The van der Waals surface area contributed by atoms with Gasteiger partial charge >= 0.3 is 0 Å². The molecule has 0 aromatic heterocycles. The van der Waals surface area contributed by atoms with Crippen molar-refractivity contribution in [1.29, 1.82) is 0 Å². The lowest BCUT2D eigenvalue weighted by Gasteiger charge is -2.17. The molecule has 0 spiro atoms. The Bertz CT molecular complexity index is 587. The van der Waals surface area contributed by atoms with Crippen LogP contribution in [0.15, 0.2) is 30.3 Å². The monoisotopic (exact) mass is 324 g/mol. The maximum atomic E-state index is 12.0. The summed E-state index contributed by atoms with van der Waals surface area (Å²) in [5.74, 6) is 0.344. The number of nitrogens with zero attached hydrogens (tertiary/aromatic N) is 1. The molecule has 0 aliphatic carbocycles. The second-order valence-corrected chi connectivity index (χ2v) is 7.74. The van der Waals surface area contributed by atoms with E-state index in [1.54, 1.807) is 0 Å². The molecule has 0 radical (unpaired) electrons. The smallest absolute Gasteiger partial charge is 0.222 e. The molecule has 5 nitrogen and oxygen atoms in total. The lowest BCUT2D eigenvalue weighted by atomic mass is 10.1. The molecule has 1 saturated heterocycles. The van der Waals surface area contributed by atoms with Crippen LogP contribution >= 0.6 is 0 Å². The van der Waals surface area contributed by atoms with Gasteiger partial charge in [-0.1, -0.05) is 37.3 Å². The van der Waals surface area contributed by atoms with Gasteiger partial charge in [0.25, 0.3) is 0 Å². The van der Waals surface area contributed by atoms with E-state index >= 15 is 0 Å². The van der Waals surface area contributed by atoms with E-state index in [2.05, 4.69) is 16.9 Å². The molecular weight excluding hydrogens is 300 g/mol. The van der Waals surface area contributed by atoms with Crippen molar-refractivity contribution >= 4 is 15.9 Å². The van der Waals surface area contributed by atoms with E-state index in [1.165, 1.54) is 5.56 Å². The number of likely N-dealkylation sites (tertiary alicyclic amines) is 1. The number of rotatable bonds is 8. The molecule has 1 atom stereocenters. The van der Waals surface area contributed by atoms with Gasteiger partial charge in [-0.15, -0.1) is 0 Å². The Morgan fingerprint density at radius 1 is 1.27 bits per heavy atom. The summed E-state index contributed by atoms with van der Waals surface area (Å²) < 4.78 is 25.9. The van der Waals surface area contributed by atoms with Crippen LogP contribution in [0.4, 0.5) is 0 Å². The van der Waals surface area contributed by atoms with Gasteiger partial charge in [0.1, 0.15) is 0 Å². The standard InChI is InChI=1S/C16H24N2O3S/c1-2-10-22(20,21)17-12-15-11-16(19)18(13-15)9-8-14-6-4-3-5-7-14/h3-7,15,17H,2,8-13H2,1H3. The Labute approximate surface area is 132 Å². The minimum absolute atomic E-state index is 0.0786. The molecule has 122 valence electrons. The van der Waals surface area contributed by atoms with Crippen LogP contribution in [-0.2, 0) is 21.2 Å². The highest BCUT2D eigenvalue weighted by atomic mass is 32.2. The maximum absolute atomic E-state index is 12.0. The summed E-state index contributed by atoms with van der Waals surface area (Å²) >= 11 is 0. The molecule has 0 saturated carbocycles. The molecule has 1 unspecified atom stereocenters. The Kier molecular flexibility index (Phi) is 5.97. The third kappa shape index (κ3) is 5.10. The van der Waals surface area contributed by atoms with E-state index in [4.69, 9.17) is 0 Å². The lowest BCUT2D eigenvalue weighted by molar-refractivity contribution is -0.127. The van der Waals surface area contributed by atoms with Crippen molar-refractivity contribution < 1.29 is 13.2 Å². The largest absolute Gasteiger partial charge is 0.342 e. The molecule has 0 bridgehead atoms. The highest BCUT2D eigenvalue weighted by Crippen LogP contribution is 2.18. The van der Waals surface area contributed by atoms with Crippen LogP contribution in [-0.4, -0.2) is 44.6 Å². The number of hydrogen-bond donors (Lipinski definition) is 1. The Balaban J connectivity index is 1.78. The number of carbonyl (C=O) groups excluding carboxylic acids is 1. The van der Waals surface area contributed by atoms with Crippen LogP contribution in [0.3, 0.4) is 0 Å². The van der Waals surface area contributed by atoms with Gasteiger partial charge in [-0.25, -0.2) is 13.1 Å². The fraction of sp³-hybridized carbons (Fsp3) is 0.562. The first-order valence-electron chi connectivity index (χ1n) is 7.79. The second kappa shape index (κ2) is 7.74. The Morgan fingerprint density at radius 2 is 2.00 bits per heavy atom. The number of amides is 1. The van der Waals surface area contributed by atoms with E-state index in [0.717, 1.165) is 6.42 Å². The molecule has 22 heavy (non-hydrogen) atoms. The molecule has 1 N–H and O–H groups in total. The van der Waals surface area contributed by atoms with Gasteiger partial charge in [0.05, 0.1) is 5.75 Å². The van der Waals surface area contributed by atoms with E-state index in [1.807, 2.05) is 30.0 Å². The predicted octanol–water partition coefficient (Wildman–Crippen LogP) is 1.41. The number of nitrogens with one attached hydrogen (secondary N) is 1. The summed E-state index contributed by atoms with van der Waals surface area (Å²) in [6.07, 6.45) is 1.87. The molecule has 1 amide bonds. The SMILES string of the molecule is CCCS(=O)(=O)NCC1CC(=O)N(CCc2ccccc2)C1. The van der Waals surface area contributed by atoms with Gasteiger partial charge in [0.15, 0.2) is 0 Å². The Morgan fingerprint density at radius 3 is 2.68 bits per heavy atom. The van der Waals surface area contributed by atoms with Crippen molar-refractivity contribution in [2.75, 3.05) is 25.4 Å². The molecule has 1 aliphatic rings. The molecule has 1 aliphatic heterocycles.